The zero-order chi connectivity index (χ0) is 14.6. The molecular weight excluding hydrogens is 257 g/mol. The molecule has 0 saturated heterocycles. The van der Waals surface area contributed by atoms with Gasteiger partial charge in [0.15, 0.2) is 0 Å². The van der Waals surface area contributed by atoms with Crippen molar-refractivity contribution < 1.29 is 18.0 Å². The summed E-state index contributed by atoms with van der Waals surface area (Å²) in [6, 6.07) is 4.09. The third-order valence-electron chi connectivity index (χ3n) is 3.04. The lowest BCUT2D eigenvalue weighted by molar-refractivity contribution is -0.137. The average molecular weight is 274 g/mol. The Balaban J connectivity index is 2.71. The van der Waals surface area contributed by atoms with E-state index in [1.807, 2.05) is 13.8 Å². The first kappa shape index (κ1) is 15.3. The van der Waals surface area contributed by atoms with Crippen LogP contribution in [0.4, 0.5) is 23.7 Å². The molecule has 1 aromatic carbocycles. The van der Waals surface area contributed by atoms with E-state index in [1.54, 1.807) is 7.05 Å². The van der Waals surface area contributed by atoms with Crippen molar-refractivity contribution in [3.8, 4) is 0 Å². The molecule has 0 spiro atoms. The van der Waals surface area contributed by atoms with Gasteiger partial charge in [-0.2, -0.15) is 13.2 Å². The number of hydrogen-bond acceptors (Lipinski definition) is 1. The van der Waals surface area contributed by atoms with Crippen LogP contribution in [-0.4, -0.2) is 24.0 Å². The quantitative estimate of drug-likeness (QED) is 0.888. The normalized spacial score (nSPS) is 12.9. The van der Waals surface area contributed by atoms with E-state index in [-0.39, 0.29) is 12.1 Å². The number of halogens is 3. The maximum absolute atomic E-state index is 12.4. The second-order valence-electron chi connectivity index (χ2n) is 4.37. The number of hydrogen-bond donors (Lipinski definition) is 1. The van der Waals surface area contributed by atoms with Crippen LogP contribution >= 0.6 is 0 Å². The maximum atomic E-state index is 12.4. The highest BCUT2D eigenvalue weighted by atomic mass is 19.4. The second kappa shape index (κ2) is 5.95. The van der Waals surface area contributed by atoms with Crippen LogP contribution in [0.5, 0.6) is 0 Å². The van der Waals surface area contributed by atoms with Gasteiger partial charge in [0.25, 0.3) is 0 Å². The summed E-state index contributed by atoms with van der Waals surface area (Å²) < 4.78 is 37.1. The van der Waals surface area contributed by atoms with Gasteiger partial charge in [0.1, 0.15) is 0 Å². The van der Waals surface area contributed by atoms with Gasteiger partial charge in [-0.05, 0) is 37.6 Å². The number of anilines is 1. The third kappa shape index (κ3) is 4.15. The topological polar surface area (TPSA) is 32.3 Å². The van der Waals surface area contributed by atoms with E-state index in [9.17, 15) is 18.0 Å². The fourth-order valence-corrected chi connectivity index (χ4v) is 1.43. The summed E-state index contributed by atoms with van der Waals surface area (Å²) >= 11 is 0. The average Bonchev–Trinajstić information content (AvgIpc) is 2.36. The zero-order valence-corrected chi connectivity index (χ0v) is 11.1. The number of benzene rings is 1. The molecule has 6 heteroatoms. The standard InChI is InChI=1S/C13H17F3N2O/c1-4-9(2)18(3)12(19)17-11-7-5-10(6-8-11)13(14,15)16/h5-9H,4H2,1-3H3,(H,17,19). The lowest BCUT2D eigenvalue weighted by Gasteiger charge is -2.24. The first-order valence-electron chi connectivity index (χ1n) is 5.96. The predicted molar refractivity (Wildman–Crippen MR) is 68.0 cm³/mol. The van der Waals surface area contributed by atoms with E-state index in [2.05, 4.69) is 5.32 Å². The van der Waals surface area contributed by atoms with Gasteiger partial charge >= 0.3 is 12.2 Å². The van der Waals surface area contributed by atoms with Crippen LogP contribution < -0.4 is 5.32 Å². The molecule has 1 atom stereocenters. The Kier molecular flexibility index (Phi) is 4.80. The Morgan fingerprint density at radius 2 is 1.84 bits per heavy atom. The van der Waals surface area contributed by atoms with Crippen LogP contribution in [0.1, 0.15) is 25.8 Å². The van der Waals surface area contributed by atoms with Gasteiger partial charge in [0.2, 0.25) is 0 Å². The van der Waals surface area contributed by atoms with Gasteiger partial charge in [-0.15, -0.1) is 0 Å². The number of alkyl halides is 3. The largest absolute Gasteiger partial charge is 0.416 e. The predicted octanol–water partition coefficient (Wildman–Crippen LogP) is 3.97. The number of amides is 2. The molecule has 0 saturated carbocycles. The van der Waals surface area contributed by atoms with Crippen LogP contribution in [0.15, 0.2) is 24.3 Å². The minimum Gasteiger partial charge on any atom is -0.325 e. The number of carbonyl (C=O) groups excluding carboxylic acids is 1. The van der Waals surface area contributed by atoms with Crippen molar-refractivity contribution in [2.75, 3.05) is 12.4 Å². The van der Waals surface area contributed by atoms with E-state index in [0.717, 1.165) is 18.6 Å². The molecular formula is C13H17F3N2O. The molecule has 0 aliphatic heterocycles. The van der Waals surface area contributed by atoms with Crippen molar-refractivity contribution in [2.24, 2.45) is 0 Å². The number of carbonyl (C=O) groups is 1. The van der Waals surface area contributed by atoms with Gasteiger partial charge < -0.3 is 10.2 Å². The molecule has 1 N–H and O–H groups in total. The molecule has 1 aromatic rings. The van der Waals surface area contributed by atoms with Gasteiger partial charge in [0.05, 0.1) is 5.56 Å². The molecule has 3 nitrogen and oxygen atoms in total. The summed E-state index contributed by atoms with van der Waals surface area (Å²) in [6.45, 7) is 3.85. The minimum absolute atomic E-state index is 0.0643. The highest BCUT2D eigenvalue weighted by Crippen LogP contribution is 2.29. The lowest BCUT2D eigenvalue weighted by atomic mass is 10.2. The highest BCUT2D eigenvalue weighted by Gasteiger charge is 2.30. The van der Waals surface area contributed by atoms with Crippen LogP contribution in [-0.2, 0) is 6.18 Å². The van der Waals surface area contributed by atoms with E-state index >= 15 is 0 Å². The van der Waals surface area contributed by atoms with Crippen molar-refractivity contribution in [3.05, 3.63) is 29.8 Å². The minimum atomic E-state index is -4.37. The SMILES string of the molecule is CCC(C)N(C)C(=O)Nc1ccc(C(F)(F)F)cc1. The molecule has 0 aromatic heterocycles. The Morgan fingerprint density at radius 3 is 2.26 bits per heavy atom. The summed E-state index contributed by atoms with van der Waals surface area (Å²) in [5, 5.41) is 2.56. The van der Waals surface area contributed by atoms with Gasteiger partial charge in [-0.25, -0.2) is 4.79 Å². The van der Waals surface area contributed by atoms with Crippen LogP contribution in [0.25, 0.3) is 0 Å². The first-order valence-corrected chi connectivity index (χ1v) is 5.96. The molecule has 0 radical (unpaired) electrons. The molecule has 0 aliphatic carbocycles. The van der Waals surface area contributed by atoms with E-state index in [0.29, 0.717) is 5.69 Å². The first-order chi connectivity index (χ1) is 8.75. The van der Waals surface area contributed by atoms with Gasteiger partial charge in [0, 0.05) is 18.8 Å². The van der Waals surface area contributed by atoms with Gasteiger partial charge in [-0.3, -0.25) is 0 Å². The molecule has 106 valence electrons. The molecule has 0 fully saturated rings. The molecule has 0 aliphatic rings. The van der Waals surface area contributed by atoms with Crippen molar-refractivity contribution in [1.29, 1.82) is 0 Å². The molecule has 2 amide bonds. The summed E-state index contributed by atoms with van der Waals surface area (Å²) in [6.07, 6.45) is -3.56. The highest BCUT2D eigenvalue weighted by molar-refractivity contribution is 5.89. The van der Waals surface area contributed by atoms with E-state index in [1.165, 1.54) is 17.0 Å². The Hall–Kier alpha value is -1.72. The number of nitrogens with zero attached hydrogens (tertiary/aromatic N) is 1. The maximum Gasteiger partial charge on any atom is 0.416 e. The van der Waals surface area contributed by atoms with Crippen molar-refractivity contribution in [2.45, 2.75) is 32.5 Å². The fraction of sp³-hybridized carbons (Fsp3) is 0.462. The number of nitrogens with one attached hydrogen (secondary N) is 1. The summed E-state index contributed by atoms with van der Waals surface area (Å²) in [7, 11) is 1.65. The Labute approximate surface area is 110 Å². The molecule has 1 rings (SSSR count). The van der Waals surface area contributed by atoms with Crippen LogP contribution in [0.2, 0.25) is 0 Å². The number of rotatable bonds is 3. The van der Waals surface area contributed by atoms with Crippen LogP contribution in [0, 0.1) is 0 Å². The van der Waals surface area contributed by atoms with E-state index in [4.69, 9.17) is 0 Å². The van der Waals surface area contributed by atoms with E-state index < -0.39 is 11.7 Å². The van der Waals surface area contributed by atoms with Gasteiger partial charge in [-0.1, -0.05) is 6.92 Å². The van der Waals surface area contributed by atoms with Crippen molar-refractivity contribution >= 4 is 11.7 Å². The molecule has 19 heavy (non-hydrogen) atoms. The van der Waals surface area contributed by atoms with Crippen molar-refractivity contribution in [1.82, 2.24) is 4.90 Å². The molecule has 1 unspecified atom stereocenters. The van der Waals surface area contributed by atoms with Crippen LogP contribution in [0.3, 0.4) is 0 Å². The molecule has 0 bridgehead atoms. The zero-order valence-electron chi connectivity index (χ0n) is 11.1. The third-order valence-corrected chi connectivity index (χ3v) is 3.04. The second-order valence-corrected chi connectivity index (χ2v) is 4.37. The summed E-state index contributed by atoms with van der Waals surface area (Å²) in [5.41, 5.74) is -0.395. The number of urea groups is 1. The lowest BCUT2D eigenvalue weighted by Crippen LogP contribution is -2.37. The smallest absolute Gasteiger partial charge is 0.325 e. The molecule has 0 heterocycles. The fourth-order valence-electron chi connectivity index (χ4n) is 1.43. The summed E-state index contributed by atoms with van der Waals surface area (Å²) in [5.74, 6) is 0. The monoisotopic (exact) mass is 274 g/mol. The summed E-state index contributed by atoms with van der Waals surface area (Å²) in [4.78, 5) is 13.3. The Morgan fingerprint density at radius 1 is 1.32 bits per heavy atom. The van der Waals surface area contributed by atoms with Crippen molar-refractivity contribution in [3.63, 3.8) is 0 Å². The Bertz CT molecular complexity index is 429.